The Hall–Kier alpha value is -7.07. The summed E-state index contributed by atoms with van der Waals surface area (Å²) in [4.78, 5) is 13.5. The monoisotopic (exact) mass is 693 g/mol. The summed E-state index contributed by atoms with van der Waals surface area (Å²) in [6, 6.07) is 58.0. The van der Waals surface area contributed by atoms with E-state index in [0.29, 0.717) is 11.6 Å². The second-order valence-corrected chi connectivity index (χ2v) is 14.4. The summed E-state index contributed by atoms with van der Waals surface area (Å²) in [6.45, 7) is 7.92. The maximum Gasteiger partial charge on any atom is 0.291 e. The van der Waals surface area contributed by atoms with Crippen molar-refractivity contribution in [2.45, 2.75) is 0 Å². The lowest BCUT2D eigenvalue weighted by Crippen LogP contribution is -1.94. The maximum atomic E-state index is 7.92. The number of aromatic nitrogens is 4. The van der Waals surface area contributed by atoms with Gasteiger partial charge in [0.2, 0.25) is 0 Å². The summed E-state index contributed by atoms with van der Waals surface area (Å²) < 4.78 is 6.61. The molecule has 7 aromatic carbocycles. The van der Waals surface area contributed by atoms with E-state index >= 15 is 0 Å². The topological polar surface area (TPSA) is 40.0 Å². The zero-order chi connectivity index (χ0) is 35.0. The fourth-order valence-electron chi connectivity index (χ4n) is 7.99. The van der Waals surface area contributed by atoms with E-state index in [-0.39, 0.29) is 0 Å². The molecule has 0 saturated heterocycles. The molecule has 5 nitrogen and oxygen atoms in total. The standard InChI is InChI=1S/C47H27N5S/c1-48-47-45-44(49-46(50-47)29-12-4-2-5-13-29)38-28-33(22-25-43(38)53-45)52-40-19-11-9-17-35(40)37-27-31(21-24-42(37)52)30-20-23-41-36(26-30)34-16-8-10-18-39(34)51(41)32-14-6-3-7-15-32/h2-28H. The SMILES string of the molecule is [C-]#[N+]c1nc(-c2ccccc2)nc2c1sc1ccc(-n3c4ccccc4c4cc(-c5ccc6c(c5)c5ccccc5n6-c5ccccc5)ccc43)cc12. The van der Waals surface area contributed by atoms with E-state index < -0.39 is 0 Å². The van der Waals surface area contributed by atoms with Crippen molar-refractivity contribution in [3.05, 3.63) is 175 Å². The van der Waals surface area contributed by atoms with E-state index in [2.05, 4.69) is 152 Å². The molecular formula is C47H27N5S. The number of benzene rings is 7. The predicted octanol–water partition coefficient (Wildman–Crippen LogP) is 12.9. The largest absolute Gasteiger partial charge is 0.359 e. The molecule has 0 N–H and O–H groups in total. The predicted molar refractivity (Wildman–Crippen MR) is 221 cm³/mol. The number of hydrogen-bond acceptors (Lipinski definition) is 3. The van der Waals surface area contributed by atoms with Crippen LogP contribution in [0.2, 0.25) is 0 Å². The molecule has 0 atom stereocenters. The molecule has 11 aromatic rings. The number of hydrogen-bond donors (Lipinski definition) is 0. The summed E-state index contributed by atoms with van der Waals surface area (Å²) in [7, 11) is 0. The normalized spacial score (nSPS) is 11.8. The van der Waals surface area contributed by atoms with E-state index in [1.165, 1.54) is 43.7 Å². The molecule has 0 spiro atoms. The van der Waals surface area contributed by atoms with Gasteiger partial charge in [-0.15, -0.1) is 11.3 Å². The molecule has 6 heteroatoms. The van der Waals surface area contributed by atoms with Crippen LogP contribution < -0.4 is 0 Å². The molecule has 0 saturated carbocycles. The first-order chi connectivity index (χ1) is 26.2. The lowest BCUT2D eigenvalue weighted by atomic mass is 10.0. The molecule has 0 aliphatic heterocycles. The van der Waals surface area contributed by atoms with Crippen molar-refractivity contribution >= 4 is 81.1 Å². The van der Waals surface area contributed by atoms with E-state index in [9.17, 15) is 0 Å². The smallest absolute Gasteiger partial charge is 0.291 e. The average Bonchev–Trinajstić information content (AvgIpc) is 3.88. The van der Waals surface area contributed by atoms with Gasteiger partial charge in [-0.25, -0.2) is 4.98 Å². The molecule has 0 bridgehead atoms. The Morgan fingerprint density at radius 2 is 1.02 bits per heavy atom. The molecule has 4 aromatic heterocycles. The van der Waals surface area contributed by atoms with E-state index in [1.54, 1.807) is 11.3 Å². The third-order valence-electron chi connectivity index (χ3n) is 10.4. The Labute approximate surface area is 308 Å². The van der Waals surface area contributed by atoms with Gasteiger partial charge < -0.3 is 14.0 Å². The Bertz CT molecular complexity index is 3290. The fraction of sp³-hybridized carbons (Fsp3) is 0. The second kappa shape index (κ2) is 11.5. The van der Waals surface area contributed by atoms with Gasteiger partial charge in [-0.2, -0.15) is 0 Å². The van der Waals surface area contributed by atoms with E-state index in [4.69, 9.17) is 11.6 Å². The number of fused-ring (bicyclic) bond motifs is 9. The minimum Gasteiger partial charge on any atom is -0.359 e. The van der Waals surface area contributed by atoms with Crippen molar-refractivity contribution in [2.75, 3.05) is 0 Å². The highest BCUT2D eigenvalue weighted by Crippen LogP contribution is 2.42. The van der Waals surface area contributed by atoms with Gasteiger partial charge in [-0.05, 0) is 90.0 Å². The Morgan fingerprint density at radius 3 is 1.66 bits per heavy atom. The van der Waals surface area contributed by atoms with Crippen LogP contribution >= 0.6 is 11.3 Å². The van der Waals surface area contributed by atoms with Gasteiger partial charge in [-0.1, -0.05) is 96.5 Å². The van der Waals surface area contributed by atoms with Gasteiger partial charge in [-0.3, -0.25) is 0 Å². The minimum absolute atomic E-state index is 0.392. The Balaban J connectivity index is 1.09. The Kier molecular flexibility index (Phi) is 6.42. The van der Waals surface area contributed by atoms with Crippen molar-refractivity contribution < 1.29 is 0 Å². The molecule has 0 aliphatic rings. The van der Waals surface area contributed by atoms with Crippen LogP contribution in [0.5, 0.6) is 0 Å². The second-order valence-electron chi connectivity index (χ2n) is 13.3. The highest BCUT2D eigenvalue weighted by molar-refractivity contribution is 7.26. The zero-order valence-corrected chi connectivity index (χ0v) is 29.0. The van der Waals surface area contributed by atoms with Crippen LogP contribution in [0.1, 0.15) is 0 Å². The van der Waals surface area contributed by atoms with Crippen molar-refractivity contribution in [2.24, 2.45) is 0 Å². The minimum atomic E-state index is 0.392. The molecule has 0 amide bonds. The highest BCUT2D eigenvalue weighted by Gasteiger charge is 2.20. The summed E-state index contributed by atoms with van der Waals surface area (Å²) in [5, 5.41) is 5.90. The van der Waals surface area contributed by atoms with Crippen LogP contribution in [0.3, 0.4) is 0 Å². The number of thiophene rings is 1. The van der Waals surface area contributed by atoms with Crippen LogP contribution in [0.15, 0.2) is 164 Å². The summed E-state index contributed by atoms with van der Waals surface area (Å²) in [5.41, 5.74) is 11.0. The van der Waals surface area contributed by atoms with Gasteiger partial charge in [0.15, 0.2) is 0 Å². The number of nitrogens with zero attached hydrogens (tertiary/aromatic N) is 5. The maximum absolute atomic E-state index is 7.92. The molecule has 53 heavy (non-hydrogen) atoms. The van der Waals surface area contributed by atoms with Crippen molar-refractivity contribution in [3.8, 4) is 33.9 Å². The molecule has 4 heterocycles. The first kappa shape index (κ1) is 29.6. The summed E-state index contributed by atoms with van der Waals surface area (Å²) in [5.74, 6) is 0.963. The third-order valence-corrected chi connectivity index (χ3v) is 11.5. The van der Waals surface area contributed by atoms with Gasteiger partial charge in [0.25, 0.3) is 11.6 Å². The van der Waals surface area contributed by atoms with E-state index in [1.807, 2.05) is 30.3 Å². The van der Waals surface area contributed by atoms with Crippen LogP contribution in [0, 0.1) is 6.57 Å². The van der Waals surface area contributed by atoms with Crippen LogP contribution in [-0.4, -0.2) is 19.1 Å². The van der Waals surface area contributed by atoms with E-state index in [0.717, 1.165) is 48.3 Å². The average molecular weight is 694 g/mol. The lowest BCUT2D eigenvalue weighted by Gasteiger charge is -2.10. The third kappa shape index (κ3) is 4.48. The van der Waals surface area contributed by atoms with Crippen LogP contribution in [0.25, 0.3) is 103 Å². The first-order valence-electron chi connectivity index (χ1n) is 17.5. The number of rotatable bonds is 4. The van der Waals surface area contributed by atoms with Crippen LogP contribution in [-0.2, 0) is 0 Å². The quantitative estimate of drug-likeness (QED) is 0.172. The molecule has 0 radical (unpaired) electrons. The number of para-hydroxylation sites is 3. The molecular weight excluding hydrogens is 667 g/mol. The zero-order valence-electron chi connectivity index (χ0n) is 28.2. The van der Waals surface area contributed by atoms with Gasteiger partial charge in [0.05, 0.1) is 32.3 Å². The van der Waals surface area contributed by atoms with Gasteiger partial charge >= 0.3 is 0 Å². The van der Waals surface area contributed by atoms with Crippen LogP contribution in [0.4, 0.5) is 5.82 Å². The van der Waals surface area contributed by atoms with Crippen molar-refractivity contribution in [1.29, 1.82) is 0 Å². The fourth-order valence-corrected chi connectivity index (χ4v) is 9.04. The molecule has 0 aliphatic carbocycles. The van der Waals surface area contributed by atoms with Gasteiger partial charge in [0, 0.05) is 48.6 Å². The van der Waals surface area contributed by atoms with Crippen molar-refractivity contribution in [1.82, 2.24) is 19.1 Å². The molecule has 246 valence electrons. The molecule has 0 fully saturated rings. The Morgan fingerprint density at radius 1 is 0.453 bits per heavy atom. The van der Waals surface area contributed by atoms with Crippen molar-refractivity contribution in [3.63, 3.8) is 0 Å². The summed E-state index contributed by atoms with van der Waals surface area (Å²) in [6.07, 6.45) is 0. The molecule has 0 unspecified atom stereocenters. The lowest BCUT2D eigenvalue weighted by molar-refractivity contribution is 1.18. The highest BCUT2D eigenvalue weighted by atomic mass is 32.1. The first-order valence-corrected chi connectivity index (χ1v) is 18.3. The van der Waals surface area contributed by atoms with Gasteiger partial charge in [0.1, 0.15) is 0 Å². The summed E-state index contributed by atoms with van der Waals surface area (Å²) >= 11 is 1.58. The molecule has 11 rings (SSSR count).